The van der Waals surface area contributed by atoms with Gasteiger partial charge in [-0.15, -0.1) is 0 Å². The molecule has 4 heteroatoms. The van der Waals surface area contributed by atoms with E-state index in [2.05, 4.69) is 13.2 Å². The summed E-state index contributed by atoms with van der Waals surface area (Å²) in [5.41, 5.74) is 2.05. The molecule has 0 fully saturated rings. The summed E-state index contributed by atoms with van der Waals surface area (Å²) in [4.78, 5) is 25.2. The van der Waals surface area contributed by atoms with E-state index in [0.717, 1.165) is 5.56 Å². The first kappa shape index (κ1) is 22.4. The molecule has 0 radical (unpaired) electrons. The number of allylic oxidation sites excluding steroid dienone is 5. The van der Waals surface area contributed by atoms with Crippen LogP contribution in [0.2, 0.25) is 0 Å². The van der Waals surface area contributed by atoms with E-state index in [4.69, 9.17) is 9.47 Å². The van der Waals surface area contributed by atoms with Crippen molar-refractivity contribution < 1.29 is 19.1 Å². The first-order valence-corrected chi connectivity index (χ1v) is 9.39. The van der Waals surface area contributed by atoms with Gasteiger partial charge in [-0.05, 0) is 49.8 Å². The summed E-state index contributed by atoms with van der Waals surface area (Å²) in [7, 11) is 0. The summed E-state index contributed by atoms with van der Waals surface area (Å²) in [6, 6.07) is 13.9. The first-order valence-electron chi connectivity index (χ1n) is 9.39. The van der Waals surface area contributed by atoms with Crippen LogP contribution in [0.25, 0.3) is 5.76 Å². The van der Waals surface area contributed by atoms with Crippen LogP contribution in [-0.2, 0) is 9.53 Å². The van der Waals surface area contributed by atoms with Crippen molar-refractivity contribution in [1.29, 1.82) is 0 Å². The summed E-state index contributed by atoms with van der Waals surface area (Å²) >= 11 is 0. The second kappa shape index (κ2) is 11.2. The predicted molar refractivity (Wildman–Crippen MR) is 120 cm³/mol. The Morgan fingerprint density at radius 3 is 2.33 bits per heavy atom. The van der Waals surface area contributed by atoms with Gasteiger partial charge in [-0.25, -0.2) is 9.59 Å². The van der Waals surface area contributed by atoms with E-state index in [0.29, 0.717) is 16.7 Å². The highest BCUT2D eigenvalue weighted by Gasteiger charge is 2.20. The number of ether oxygens (including phenoxy) is 2. The Labute approximate surface area is 177 Å². The molecule has 0 heterocycles. The second-order valence-corrected chi connectivity index (χ2v) is 6.20. The summed E-state index contributed by atoms with van der Waals surface area (Å²) < 4.78 is 11.3. The summed E-state index contributed by atoms with van der Waals surface area (Å²) in [6.45, 7) is 10.9. The minimum Gasteiger partial charge on any atom is -0.422 e. The van der Waals surface area contributed by atoms with Crippen LogP contribution in [0.3, 0.4) is 0 Å². The van der Waals surface area contributed by atoms with Crippen molar-refractivity contribution in [3.8, 4) is 5.75 Å². The van der Waals surface area contributed by atoms with E-state index in [-0.39, 0.29) is 11.5 Å². The second-order valence-electron chi connectivity index (χ2n) is 6.20. The molecule has 0 saturated heterocycles. The maximum absolute atomic E-state index is 12.6. The number of carbonyl (C=O) groups excluding carboxylic acids is 2. The zero-order chi connectivity index (χ0) is 21.9. The van der Waals surface area contributed by atoms with Gasteiger partial charge in [-0.2, -0.15) is 0 Å². The Hall–Kier alpha value is -3.92. The molecule has 0 N–H and O–H groups in total. The van der Waals surface area contributed by atoms with Gasteiger partial charge in [0.15, 0.2) is 0 Å². The van der Waals surface area contributed by atoms with Gasteiger partial charge in [0.2, 0.25) is 0 Å². The fourth-order valence-corrected chi connectivity index (χ4v) is 2.66. The van der Waals surface area contributed by atoms with Crippen LogP contribution in [0.15, 0.2) is 104 Å². The van der Waals surface area contributed by atoms with Gasteiger partial charge in [0.25, 0.3) is 0 Å². The van der Waals surface area contributed by atoms with E-state index in [1.165, 1.54) is 6.08 Å². The quantitative estimate of drug-likeness (QED) is 0.180. The van der Waals surface area contributed by atoms with Crippen molar-refractivity contribution in [2.45, 2.75) is 13.8 Å². The fourth-order valence-electron chi connectivity index (χ4n) is 2.66. The van der Waals surface area contributed by atoms with Crippen molar-refractivity contribution in [2.75, 3.05) is 0 Å². The van der Waals surface area contributed by atoms with Gasteiger partial charge in [0.05, 0.1) is 16.7 Å². The SMILES string of the molecule is C=C/C=C\C(=C/C)C(=O)Oc1cccc(C)c1/C(=C\C=C)OC(=O)c1ccccc1. The molecule has 0 aliphatic rings. The topological polar surface area (TPSA) is 52.6 Å². The minimum absolute atomic E-state index is 0.239. The number of hydrogen-bond acceptors (Lipinski definition) is 4. The molecule has 0 spiro atoms. The Bertz CT molecular complexity index is 1020. The van der Waals surface area contributed by atoms with Gasteiger partial charge in [0, 0.05) is 0 Å². The minimum atomic E-state index is -0.533. The van der Waals surface area contributed by atoms with E-state index < -0.39 is 11.9 Å². The maximum Gasteiger partial charge on any atom is 0.343 e. The lowest BCUT2D eigenvalue weighted by atomic mass is 10.0. The molecule has 0 bridgehead atoms. The molecule has 0 atom stereocenters. The third kappa shape index (κ3) is 5.79. The van der Waals surface area contributed by atoms with Crippen LogP contribution < -0.4 is 4.74 Å². The Morgan fingerprint density at radius 1 is 0.967 bits per heavy atom. The van der Waals surface area contributed by atoms with Crippen molar-refractivity contribution in [3.63, 3.8) is 0 Å². The van der Waals surface area contributed by atoms with Crippen LogP contribution >= 0.6 is 0 Å². The zero-order valence-corrected chi connectivity index (χ0v) is 17.1. The molecule has 0 saturated carbocycles. The Kier molecular flexibility index (Phi) is 8.33. The molecule has 0 aliphatic carbocycles. The number of benzene rings is 2. The molecule has 152 valence electrons. The van der Waals surface area contributed by atoms with Crippen LogP contribution in [-0.4, -0.2) is 11.9 Å². The van der Waals surface area contributed by atoms with E-state index >= 15 is 0 Å². The number of rotatable bonds is 8. The highest BCUT2D eigenvalue weighted by molar-refractivity contribution is 5.95. The highest BCUT2D eigenvalue weighted by atomic mass is 16.5. The normalized spacial score (nSPS) is 11.8. The van der Waals surface area contributed by atoms with Gasteiger partial charge in [-0.3, -0.25) is 0 Å². The first-order chi connectivity index (χ1) is 14.5. The smallest absolute Gasteiger partial charge is 0.343 e. The van der Waals surface area contributed by atoms with Crippen LogP contribution in [0, 0.1) is 6.92 Å². The van der Waals surface area contributed by atoms with Crippen LogP contribution in [0.4, 0.5) is 0 Å². The molecule has 4 nitrogen and oxygen atoms in total. The largest absolute Gasteiger partial charge is 0.422 e. The van der Waals surface area contributed by atoms with Gasteiger partial charge >= 0.3 is 11.9 Å². The molecule has 2 aromatic carbocycles. The standard InChI is InChI=1S/C26H24O4/c1-5-8-15-20(7-3)25(27)30-23-18-12-14-19(4)24(23)22(13-6-2)29-26(28)21-16-10-9-11-17-21/h5-18H,1-2H2,3-4H3/b15-8-,20-7+,22-13+. The average molecular weight is 400 g/mol. The monoisotopic (exact) mass is 400 g/mol. The molecular weight excluding hydrogens is 376 g/mol. The van der Waals surface area contributed by atoms with Crippen molar-refractivity contribution >= 4 is 17.7 Å². The summed E-state index contributed by atoms with van der Waals surface area (Å²) in [5.74, 6) is -0.536. The molecule has 2 rings (SSSR count). The van der Waals surface area contributed by atoms with Crippen molar-refractivity contribution in [3.05, 3.63) is 120 Å². The van der Waals surface area contributed by atoms with Crippen molar-refractivity contribution in [2.24, 2.45) is 0 Å². The lowest BCUT2D eigenvalue weighted by Gasteiger charge is -2.16. The summed E-state index contributed by atoms with van der Waals surface area (Å²) in [6.07, 6.45) is 9.56. The molecule has 30 heavy (non-hydrogen) atoms. The fraction of sp³-hybridized carbons (Fsp3) is 0.0769. The van der Waals surface area contributed by atoms with E-state index in [1.807, 2.05) is 19.1 Å². The lowest BCUT2D eigenvalue weighted by molar-refractivity contribution is -0.129. The Morgan fingerprint density at radius 2 is 1.70 bits per heavy atom. The third-order valence-electron chi connectivity index (χ3n) is 4.12. The van der Waals surface area contributed by atoms with Crippen LogP contribution in [0.1, 0.15) is 28.4 Å². The number of hydrogen-bond donors (Lipinski definition) is 0. The number of esters is 2. The maximum atomic E-state index is 12.6. The molecule has 0 unspecified atom stereocenters. The predicted octanol–water partition coefficient (Wildman–Crippen LogP) is 5.97. The lowest BCUT2D eigenvalue weighted by Crippen LogP contribution is -2.13. The molecular formula is C26H24O4. The van der Waals surface area contributed by atoms with E-state index in [9.17, 15) is 9.59 Å². The van der Waals surface area contributed by atoms with Crippen molar-refractivity contribution in [1.82, 2.24) is 0 Å². The summed E-state index contributed by atoms with van der Waals surface area (Å²) in [5, 5.41) is 0. The Balaban J connectivity index is 2.41. The average Bonchev–Trinajstić information content (AvgIpc) is 2.75. The molecule has 0 aliphatic heterocycles. The molecule has 2 aromatic rings. The molecule has 0 amide bonds. The highest BCUT2D eigenvalue weighted by Crippen LogP contribution is 2.31. The number of carbonyl (C=O) groups is 2. The van der Waals surface area contributed by atoms with Gasteiger partial charge in [-0.1, -0.05) is 67.8 Å². The number of aryl methyl sites for hydroxylation is 1. The molecule has 0 aromatic heterocycles. The third-order valence-corrected chi connectivity index (χ3v) is 4.12. The zero-order valence-electron chi connectivity index (χ0n) is 17.1. The van der Waals surface area contributed by atoms with Crippen LogP contribution in [0.5, 0.6) is 5.75 Å². The van der Waals surface area contributed by atoms with Gasteiger partial charge < -0.3 is 9.47 Å². The van der Waals surface area contributed by atoms with E-state index in [1.54, 1.807) is 73.7 Å². The van der Waals surface area contributed by atoms with Gasteiger partial charge in [0.1, 0.15) is 11.5 Å².